The minimum Gasteiger partial charge on any atom is -0.364 e. The van der Waals surface area contributed by atoms with Crippen LogP contribution in [0.5, 0.6) is 0 Å². The lowest BCUT2D eigenvalue weighted by Gasteiger charge is -2.29. The van der Waals surface area contributed by atoms with Crippen LogP contribution in [0.25, 0.3) is 0 Å². The van der Waals surface area contributed by atoms with Crippen molar-refractivity contribution >= 4 is 11.6 Å². The van der Waals surface area contributed by atoms with Gasteiger partial charge in [0, 0.05) is 19.7 Å². The number of hydrogen-bond acceptors (Lipinski definition) is 4. The minimum absolute atomic E-state index is 0.0263. The maximum atomic E-state index is 12.9. The summed E-state index contributed by atoms with van der Waals surface area (Å²) in [6.45, 7) is 0. The van der Waals surface area contributed by atoms with Crippen molar-refractivity contribution in [1.29, 1.82) is 0 Å². The highest BCUT2D eigenvalue weighted by atomic mass is 19.3. The highest BCUT2D eigenvalue weighted by Gasteiger charge is 2.53. The van der Waals surface area contributed by atoms with Crippen molar-refractivity contribution in [3.8, 4) is 0 Å². The van der Waals surface area contributed by atoms with Gasteiger partial charge in [-0.1, -0.05) is 0 Å². The molecule has 1 aliphatic rings. The molecule has 1 amide bonds. The van der Waals surface area contributed by atoms with Crippen molar-refractivity contribution in [2.75, 3.05) is 0 Å². The predicted molar refractivity (Wildman–Crippen MR) is 58.4 cm³/mol. The number of rotatable bonds is 3. The number of halogens is 4. The van der Waals surface area contributed by atoms with Crippen LogP contribution in [-0.2, 0) is 7.05 Å². The van der Waals surface area contributed by atoms with E-state index in [1.807, 2.05) is 0 Å². The van der Waals surface area contributed by atoms with Gasteiger partial charge in [-0.2, -0.15) is 15.2 Å². The van der Waals surface area contributed by atoms with E-state index in [1.54, 1.807) is 0 Å². The Kier molecular flexibility index (Phi) is 3.50. The van der Waals surface area contributed by atoms with Gasteiger partial charge in [-0.05, 0) is 6.07 Å². The van der Waals surface area contributed by atoms with Gasteiger partial charge in [-0.25, -0.2) is 17.6 Å². The normalized spacial score (nSPS) is 22.8. The van der Waals surface area contributed by atoms with Crippen molar-refractivity contribution in [2.45, 2.75) is 25.0 Å². The number of hydrogen-bond donors (Lipinski definition) is 1. The van der Waals surface area contributed by atoms with Crippen LogP contribution in [0.1, 0.15) is 16.9 Å². The predicted octanol–water partition coefficient (Wildman–Crippen LogP) is 0.841. The van der Waals surface area contributed by atoms with Crippen LogP contribution in [0.2, 0.25) is 0 Å². The van der Waals surface area contributed by atoms with Crippen molar-refractivity contribution in [2.24, 2.45) is 12.1 Å². The van der Waals surface area contributed by atoms with E-state index in [1.165, 1.54) is 24.0 Å². The van der Waals surface area contributed by atoms with Gasteiger partial charge in [0.2, 0.25) is 5.72 Å². The van der Waals surface area contributed by atoms with E-state index in [4.69, 9.17) is 0 Å². The number of carbonyl (C=O) groups is 1. The van der Waals surface area contributed by atoms with Crippen LogP contribution >= 0.6 is 0 Å². The van der Waals surface area contributed by atoms with Crippen molar-refractivity contribution in [3.05, 3.63) is 18.0 Å². The van der Waals surface area contributed by atoms with E-state index in [9.17, 15) is 27.5 Å². The Morgan fingerprint density at radius 1 is 1.45 bits per heavy atom. The maximum absolute atomic E-state index is 12.9. The second-order valence-electron chi connectivity index (χ2n) is 4.24. The zero-order valence-corrected chi connectivity index (χ0v) is 10.2. The van der Waals surface area contributed by atoms with Crippen LogP contribution in [0.15, 0.2) is 17.4 Å². The van der Waals surface area contributed by atoms with Gasteiger partial charge in [0.1, 0.15) is 5.71 Å². The summed E-state index contributed by atoms with van der Waals surface area (Å²) in [5, 5.41) is 16.5. The number of aryl methyl sites for hydroxylation is 1. The Balaban J connectivity index is 2.37. The molecule has 20 heavy (non-hydrogen) atoms. The molecule has 1 aromatic rings. The summed E-state index contributed by atoms with van der Waals surface area (Å²) in [6, 6.07) is 1.20. The Bertz CT molecular complexity index is 559. The van der Waals surface area contributed by atoms with Gasteiger partial charge >= 0.3 is 0 Å². The third-order valence-corrected chi connectivity index (χ3v) is 2.76. The summed E-state index contributed by atoms with van der Waals surface area (Å²) < 4.78 is 52.1. The summed E-state index contributed by atoms with van der Waals surface area (Å²) in [5.74, 6) is -1.18. The van der Waals surface area contributed by atoms with Crippen LogP contribution in [0.4, 0.5) is 17.6 Å². The van der Waals surface area contributed by atoms with Crippen LogP contribution < -0.4 is 0 Å². The fraction of sp³-hybridized carbons (Fsp3) is 0.500. The fourth-order valence-corrected chi connectivity index (χ4v) is 1.74. The monoisotopic (exact) mass is 294 g/mol. The number of alkyl halides is 4. The van der Waals surface area contributed by atoms with E-state index in [0.29, 0.717) is 0 Å². The summed E-state index contributed by atoms with van der Waals surface area (Å²) >= 11 is 0. The average molecular weight is 294 g/mol. The molecule has 0 aromatic carbocycles. The molecule has 6 nitrogen and oxygen atoms in total. The summed E-state index contributed by atoms with van der Waals surface area (Å²) in [7, 11) is 1.48. The Hall–Kier alpha value is -1.97. The Morgan fingerprint density at radius 2 is 2.10 bits per heavy atom. The molecule has 1 atom stereocenters. The molecule has 10 heteroatoms. The van der Waals surface area contributed by atoms with E-state index >= 15 is 0 Å². The molecule has 110 valence electrons. The molecule has 0 aliphatic carbocycles. The molecule has 0 bridgehead atoms. The number of aromatic nitrogens is 2. The second kappa shape index (κ2) is 4.85. The molecule has 0 saturated heterocycles. The lowest BCUT2D eigenvalue weighted by Crippen LogP contribution is -2.51. The number of carbonyl (C=O) groups excluding carboxylic acids is 1. The van der Waals surface area contributed by atoms with Crippen LogP contribution in [0, 0.1) is 0 Å². The molecule has 1 aromatic heterocycles. The van der Waals surface area contributed by atoms with Crippen LogP contribution in [-0.4, -0.2) is 50.1 Å². The second-order valence-corrected chi connectivity index (χ2v) is 4.24. The zero-order chi connectivity index (χ0) is 15.1. The quantitative estimate of drug-likeness (QED) is 0.840. The molecule has 0 radical (unpaired) electrons. The minimum atomic E-state index is -3.45. The van der Waals surface area contributed by atoms with Crippen molar-refractivity contribution in [3.63, 3.8) is 0 Å². The Labute approximate surface area is 110 Å². The first-order valence-corrected chi connectivity index (χ1v) is 5.46. The van der Waals surface area contributed by atoms with E-state index in [2.05, 4.69) is 10.2 Å². The van der Waals surface area contributed by atoms with E-state index in [0.717, 1.165) is 0 Å². The molecule has 2 heterocycles. The molecule has 1 unspecified atom stereocenters. The largest absolute Gasteiger partial charge is 0.364 e. The zero-order valence-electron chi connectivity index (χ0n) is 10.2. The number of hydrazone groups is 1. The van der Waals surface area contributed by atoms with Gasteiger partial charge in [0.05, 0.1) is 0 Å². The molecular formula is C10H10F4N4O2. The maximum Gasteiger partial charge on any atom is 0.297 e. The molecule has 0 saturated carbocycles. The fourth-order valence-electron chi connectivity index (χ4n) is 1.74. The molecular weight excluding hydrogens is 284 g/mol. The lowest BCUT2D eigenvalue weighted by molar-refractivity contribution is -0.164. The Morgan fingerprint density at radius 3 is 2.55 bits per heavy atom. The van der Waals surface area contributed by atoms with E-state index in [-0.39, 0.29) is 10.7 Å². The molecule has 1 aliphatic heterocycles. The lowest BCUT2D eigenvalue weighted by atomic mass is 10.1. The van der Waals surface area contributed by atoms with Gasteiger partial charge in [0.25, 0.3) is 18.8 Å². The first kappa shape index (κ1) is 14.4. The first-order chi connectivity index (χ1) is 9.25. The standard InChI is InChI=1S/C10H10F4N4O2/c1-17-3-2-5(15-17)8(19)18-10(20,9(13)14)4-6(16-18)7(11)12/h2-3,7,9,20H,4H2,1H3. The molecule has 2 rings (SSSR count). The molecule has 0 fully saturated rings. The van der Waals surface area contributed by atoms with Crippen LogP contribution in [0.3, 0.4) is 0 Å². The summed E-state index contributed by atoms with van der Waals surface area (Å²) in [6.07, 6.45) is -6.33. The van der Waals surface area contributed by atoms with Gasteiger partial charge < -0.3 is 5.11 Å². The summed E-state index contributed by atoms with van der Waals surface area (Å²) in [4.78, 5) is 12.0. The SMILES string of the molecule is Cn1ccc(C(=O)N2N=C(C(F)F)CC2(O)C(F)F)n1. The topological polar surface area (TPSA) is 70.7 Å². The highest BCUT2D eigenvalue weighted by Crippen LogP contribution is 2.33. The molecule has 1 N–H and O–H groups in total. The van der Waals surface area contributed by atoms with Crippen molar-refractivity contribution in [1.82, 2.24) is 14.8 Å². The number of amides is 1. The number of nitrogens with zero attached hydrogens (tertiary/aromatic N) is 4. The van der Waals surface area contributed by atoms with Gasteiger partial charge in [-0.15, -0.1) is 0 Å². The number of aliphatic hydroxyl groups is 1. The van der Waals surface area contributed by atoms with Gasteiger partial charge in [0.15, 0.2) is 5.69 Å². The smallest absolute Gasteiger partial charge is 0.297 e. The third kappa shape index (κ3) is 2.26. The highest BCUT2D eigenvalue weighted by molar-refractivity contribution is 5.97. The van der Waals surface area contributed by atoms with Gasteiger partial charge in [-0.3, -0.25) is 9.48 Å². The average Bonchev–Trinajstić information content (AvgIpc) is 2.93. The van der Waals surface area contributed by atoms with E-state index < -0.39 is 36.6 Å². The summed E-state index contributed by atoms with van der Waals surface area (Å²) in [5.41, 5.74) is -4.34. The van der Waals surface area contributed by atoms with Crippen molar-refractivity contribution < 1.29 is 27.5 Å². The third-order valence-electron chi connectivity index (χ3n) is 2.76. The molecule has 0 spiro atoms. The first-order valence-electron chi connectivity index (χ1n) is 5.46.